The van der Waals surface area contributed by atoms with Crippen LogP contribution < -0.4 is 4.72 Å². The molecule has 0 amide bonds. The largest absolute Gasteiger partial charge is 0.404 e. The Morgan fingerprint density at radius 3 is 2.41 bits per heavy atom. The first kappa shape index (κ1) is 26.9. The van der Waals surface area contributed by atoms with E-state index < -0.39 is 44.4 Å². The van der Waals surface area contributed by atoms with Gasteiger partial charge >= 0.3 is 6.18 Å². The number of halogens is 5. The van der Waals surface area contributed by atoms with Crippen molar-refractivity contribution in [3.05, 3.63) is 39.7 Å². The number of hydrogen-bond acceptors (Lipinski definition) is 8. The van der Waals surface area contributed by atoms with Crippen LogP contribution in [0.3, 0.4) is 0 Å². The Hall–Kier alpha value is -1.74. The molecular weight excluding hydrogens is 542 g/mol. The lowest BCUT2D eigenvalue weighted by atomic mass is 10.1. The van der Waals surface area contributed by atoms with Crippen LogP contribution in [-0.4, -0.2) is 41.0 Å². The van der Waals surface area contributed by atoms with E-state index in [0.29, 0.717) is 16.8 Å². The summed E-state index contributed by atoms with van der Waals surface area (Å²) in [6, 6.07) is 1.38. The Balaban J connectivity index is 2.03. The molecule has 2 heterocycles. The van der Waals surface area contributed by atoms with E-state index in [1.54, 1.807) is 0 Å². The van der Waals surface area contributed by atoms with Gasteiger partial charge in [-0.3, -0.25) is 0 Å². The summed E-state index contributed by atoms with van der Waals surface area (Å²) in [5.41, 5.74) is -0.644. The van der Waals surface area contributed by atoms with Crippen LogP contribution in [0.4, 0.5) is 13.2 Å². The summed E-state index contributed by atoms with van der Waals surface area (Å²) in [7, 11) is -4.65. The molecule has 186 valence electrons. The number of aliphatic hydroxyl groups is 2. The number of nitrogens with one attached hydrogen (secondary N) is 1. The number of benzene rings is 1. The van der Waals surface area contributed by atoms with Crippen LogP contribution in [0.1, 0.15) is 32.2 Å². The van der Waals surface area contributed by atoms with Gasteiger partial charge in [-0.2, -0.15) is 17.9 Å². The highest BCUT2D eigenvalue weighted by Crippen LogP contribution is 2.43. The van der Waals surface area contributed by atoms with E-state index in [9.17, 15) is 31.8 Å². The lowest BCUT2D eigenvalue weighted by Crippen LogP contribution is -2.43. The molecule has 0 aliphatic heterocycles. The zero-order valence-corrected chi connectivity index (χ0v) is 20.9. The van der Waals surface area contributed by atoms with Gasteiger partial charge in [0.05, 0.1) is 27.2 Å². The zero-order valence-electron chi connectivity index (χ0n) is 17.7. The lowest BCUT2D eigenvalue weighted by molar-refractivity contribution is -0.147. The standard InChI is InChI=1S/C19H18Cl2F3N3O5S2/c1-8(19(22,23)24)27-34(30,31)12-5-4-9(14(20)15(12)21)16-11(7-28)25-17(33-16)10-6-13(32-26-10)18(2,3)29/h4-6,8,27-29H,7H2,1-3H3. The maximum absolute atomic E-state index is 12.8. The van der Waals surface area contributed by atoms with Crippen molar-refractivity contribution in [3.8, 4) is 21.1 Å². The fraction of sp³-hybridized carbons (Fsp3) is 0.368. The highest BCUT2D eigenvalue weighted by atomic mass is 35.5. The smallest absolute Gasteiger partial charge is 0.390 e. The number of thiazole rings is 1. The number of rotatable bonds is 7. The molecule has 0 radical (unpaired) electrons. The fourth-order valence-corrected chi connectivity index (χ4v) is 5.93. The van der Waals surface area contributed by atoms with Crippen molar-refractivity contribution in [1.29, 1.82) is 0 Å². The molecule has 0 bridgehead atoms. The second-order valence-corrected chi connectivity index (χ2v) is 11.1. The topological polar surface area (TPSA) is 126 Å². The minimum absolute atomic E-state index is 0.171. The molecule has 3 N–H and O–H groups in total. The van der Waals surface area contributed by atoms with Crippen LogP contribution in [0.5, 0.6) is 0 Å². The Morgan fingerprint density at radius 1 is 1.24 bits per heavy atom. The van der Waals surface area contributed by atoms with Crippen LogP contribution in [0.2, 0.25) is 10.0 Å². The Morgan fingerprint density at radius 2 is 1.88 bits per heavy atom. The van der Waals surface area contributed by atoms with E-state index in [2.05, 4.69) is 10.1 Å². The maximum atomic E-state index is 12.8. The number of aliphatic hydroxyl groups excluding tert-OH is 1. The molecule has 0 saturated heterocycles. The number of hydrogen-bond donors (Lipinski definition) is 3. The molecular formula is C19H18Cl2F3N3O5S2. The summed E-state index contributed by atoms with van der Waals surface area (Å²) < 4.78 is 70.0. The van der Waals surface area contributed by atoms with Gasteiger partial charge in [0.25, 0.3) is 0 Å². The summed E-state index contributed by atoms with van der Waals surface area (Å²) in [6.45, 7) is 3.15. The molecule has 34 heavy (non-hydrogen) atoms. The van der Waals surface area contributed by atoms with E-state index in [4.69, 9.17) is 27.7 Å². The first-order valence-electron chi connectivity index (χ1n) is 9.44. The number of alkyl halides is 3. The molecule has 1 unspecified atom stereocenters. The van der Waals surface area contributed by atoms with Crippen LogP contribution in [-0.2, 0) is 22.2 Å². The van der Waals surface area contributed by atoms with Crippen LogP contribution in [0, 0.1) is 0 Å². The third kappa shape index (κ3) is 5.40. The van der Waals surface area contributed by atoms with E-state index in [1.165, 1.54) is 30.7 Å². The predicted octanol–water partition coefficient (Wildman–Crippen LogP) is 4.72. The molecule has 0 aliphatic carbocycles. The normalized spacial score (nSPS) is 13.9. The van der Waals surface area contributed by atoms with Crippen LogP contribution >= 0.6 is 34.5 Å². The van der Waals surface area contributed by atoms with E-state index in [-0.39, 0.29) is 27.7 Å². The van der Waals surface area contributed by atoms with Gasteiger partial charge in [0.2, 0.25) is 10.0 Å². The molecule has 0 aliphatic rings. The Kier molecular flexibility index (Phi) is 7.40. The molecule has 0 saturated carbocycles. The minimum atomic E-state index is -4.80. The SMILES string of the molecule is CC(NS(=O)(=O)c1ccc(-c2sc(-c3cc(C(C)(C)O)on3)nc2CO)c(Cl)c1Cl)C(F)(F)F. The molecule has 0 spiro atoms. The van der Waals surface area contributed by atoms with Crippen molar-refractivity contribution in [2.45, 2.75) is 50.1 Å². The lowest BCUT2D eigenvalue weighted by Gasteiger charge is -2.18. The van der Waals surface area contributed by atoms with Crippen molar-refractivity contribution in [3.63, 3.8) is 0 Å². The number of sulfonamides is 1. The average molecular weight is 560 g/mol. The first-order chi connectivity index (χ1) is 15.6. The molecule has 3 rings (SSSR count). The molecule has 3 aromatic rings. The monoisotopic (exact) mass is 559 g/mol. The van der Waals surface area contributed by atoms with Crippen molar-refractivity contribution in [1.82, 2.24) is 14.9 Å². The second kappa shape index (κ2) is 9.37. The summed E-state index contributed by atoms with van der Waals surface area (Å²) in [6.07, 6.45) is -4.80. The third-order valence-corrected chi connectivity index (χ3v) is 8.31. The van der Waals surface area contributed by atoms with Gasteiger partial charge in [-0.15, -0.1) is 11.3 Å². The number of aromatic nitrogens is 2. The zero-order chi connectivity index (χ0) is 25.6. The first-order valence-corrected chi connectivity index (χ1v) is 12.5. The Bertz CT molecular complexity index is 1320. The van der Waals surface area contributed by atoms with Gasteiger partial charge in [-0.25, -0.2) is 13.4 Å². The van der Waals surface area contributed by atoms with Gasteiger partial charge in [-0.1, -0.05) is 34.4 Å². The fourth-order valence-electron chi connectivity index (χ4n) is 2.72. The van der Waals surface area contributed by atoms with E-state index in [1.807, 2.05) is 0 Å². The van der Waals surface area contributed by atoms with Crippen LogP contribution in [0.25, 0.3) is 21.1 Å². The van der Waals surface area contributed by atoms with Crippen LogP contribution in [0.15, 0.2) is 27.6 Å². The van der Waals surface area contributed by atoms with Gasteiger partial charge in [0, 0.05) is 11.6 Å². The Labute approximate surface area is 206 Å². The van der Waals surface area contributed by atoms with Crippen molar-refractivity contribution in [2.24, 2.45) is 0 Å². The average Bonchev–Trinajstić information content (AvgIpc) is 3.35. The highest BCUT2D eigenvalue weighted by molar-refractivity contribution is 7.89. The van der Waals surface area contributed by atoms with Crippen molar-refractivity contribution in [2.75, 3.05) is 0 Å². The third-order valence-electron chi connectivity index (χ3n) is 4.58. The van der Waals surface area contributed by atoms with Gasteiger partial charge in [-0.05, 0) is 26.8 Å². The van der Waals surface area contributed by atoms with Gasteiger partial charge in [0.1, 0.15) is 27.2 Å². The maximum Gasteiger partial charge on any atom is 0.404 e. The van der Waals surface area contributed by atoms with E-state index in [0.717, 1.165) is 17.4 Å². The van der Waals surface area contributed by atoms with E-state index >= 15 is 0 Å². The van der Waals surface area contributed by atoms with Gasteiger partial charge in [0.15, 0.2) is 5.76 Å². The molecule has 1 aromatic carbocycles. The minimum Gasteiger partial charge on any atom is -0.390 e. The van der Waals surface area contributed by atoms with Gasteiger partial charge < -0.3 is 14.7 Å². The number of nitrogens with zero attached hydrogens (tertiary/aromatic N) is 2. The predicted molar refractivity (Wildman–Crippen MR) is 120 cm³/mol. The molecule has 15 heteroatoms. The molecule has 2 aromatic heterocycles. The van der Waals surface area contributed by atoms with Crippen molar-refractivity contribution < 1.29 is 36.3 Å². The summed E-state index contributed by atoms with van der Waals surface area (Å²) in [5, 5.41) is 23.2. The molecule has 1 atom stereocenters. The van der Waals surface area contributed by atoms with Crippen molar-refractivity contribution >= 4 is 44.6 Å². The summed E-state index contributed by atoms with van der Waals surface area (Å²) in [5.74, 6) is 0.182. The summed E-state index contributed by atoms with van der Waals surface area (Å²) >= 11 is 13.5. The molecule has 8 nitrogen and oxygen atoms in total. The highest BCUT2D eigenvalue weighted by Gasteiger charge is 2.39. The second-order valence-electron chi connectivity index (χ2n) is 7.71. The quantitative estimate of drug-likeness (QED) is 0.382. The molecule has 0 fully saturated rings. The summed E-state index contributed by atoms with van der Waals surface area (Å²) in [4.78, 5) is 3.98.